The number of halogens is 2. The summed E-state index contributed by atoms with van der Waals surface area (Å²) < 4.78 is 1.83. The summed E-state index contributed by atoms with van der Waals surface area (Å²) in [6.07, 6.45) is 5.45. The van der Waals surface area contributed by atoms with Gasteiger partial charge in [0.2, 0.25) is 5.91 Å². The summed E-state index contributed by atoms with van der Waals surface area (Å²) in [7, 11) is 0. The van der Waals surface area contributed by atoms with E-state index in [0.717, 1.165) is 5.56 Å². The first-order valence-corrected chi connectivity index (χ1v) is 10.6. The Labute approximate surface area is 191 Å². The smallest absolute Gasteiger partial charge is 0.251 e. The molecule has 31 heavy (non-hydrogen) atoms. The Morgan fingerprint density at radius 1 is 1.10 bits per heavy atom. The predicted molar refractivity (Wildman–Crippen MR) is 124 cm³/mol. The van der Waals surface area contributed by atoms with E-state index in [0.29, 0.717) is 40.8 Å². The summed E-state index contributed by atoms with van der Waals surface area (Å²) >= 11 is 12.1. The second kappa shape index (κ2) is 9.98. The van der Waals surface area contributed by atoms with Crippen molar-refractivity contribution in [3.05, 3.63) is 82.4 Å². The van der Waals surface area contributed by atoms with Gasteiger partial charge in [-0.25, -0.2) is 4.98 Å². The molecule has 0 fully saturated rings. The fourth-order valence-electron chi connectivity index (χ4n) is 3.03. The lowest BCUT2D eigenvalue weighted by Crippen LogP contribution is -2.36. The topological polar surface area (TPSA) is 76.0 Å². The number of benzene rings is 2. The molecule has 3 aromatic rings. The van der Waals surface area contributed by atoms with E-state index in [-0.39, 0.29) is 17.2 Å². The largest absolute Gasteiger partial charge is 0.351 e. The van der Waals surface area contributed by atoms with Gasteiger partial charge in [0, 0.05) is 48.6 Å². The van der Waals surface area contributed by atoms with Crippen LogP contribution in [0.15, 0.2) is 61.2 Å². The molecular formula is C23H24Cl2N4O2. The summed E-state index contributed by atoms with van der Waals surface area (Å²) in [6, 6.07) is 12.3. The van der Waals surface area contributed by atoms with Gasteiger partial charge in [0.1, 0.15) is 0 Å². The SMILES string of the molecule is CC(C)(CNC(=O)c1cccc(NC(=O)CCn2ccnc2)c1)c1ccc(Cl)c(Cl)c1. The Hall–Kier alpha value is -2.83. The molecule has 2 amide bonds. The van der Waals surface area contributed by atoms with Crippen molar-refractivity contribution >= 4 is 40.7 Å². The highest BCUT2D eigenvalue weighted by Gasteiger charge is 2.22. The zero-order chi connectivity index (χ0) is 22.4. The van der Waals surface area contributed by atoms with Crippen molar-refractivity contribution in [3.8, 4) is 0 Å². The third kappa shape index (κ3) is 6.32. The number of nitrogens with zero attached hydrogens (tertiary/aromatic N) is 2. The number of amides is 2. The first kappa shape index (κ1) is 22.8. The van der Waals surface area contributed by atoms with E-state index in [2.05, 4.69) is 15.6 Å². The van der Waals surface area contributed by atoms with Crippen LogP contribution in [-0.4, -0.2) is 27.9 Å². The maximum Gasteiger partial charge on any atom is 0.251 e. The molecule has 0 radical (unpaired) electrons. The van der Waals surface area contributed by atoms with Gasteiger partial charge in [-0.3, -0.25) is 9.59 Å². The zero-order valence-corrected chi connectivity index (χ0v) is 18.9. The maximum atomic E-state index is 12.7. The molecule has 0 aliphatic heterocycles. The van der Waals surface area contributed by atoms with Gasteiger partial charge in [-0.1, -0.05) is 49.2 Å². The van der Waals surface area contributed by atoms with Crippen molar-refractivity contribution < 1.29 is 9.59 Å². The molecule has 1 heterocycles. The van der Waals surface area contributed by atoms with Crippen molar-refractivity contribution in [3.63, 3.8) is 0 Å². The van der Waals surface area contributed by atoms with E-state index >= 15 is 0 Å². The molecule has 0 unspecified atom stereocenters. The van der Waals surface area contributed by atoms with Gasteiger partial charge in [0.15, 0.2) is 0 Å². The summed E-state index contributed by atoms with van der Waals surface area (Å²) in [5.41, 5.74) is 1.67. The molecule has 6 nitrogen and oxygen atoms in total. The summed E-state index contributed by atoms with van der Waals surface area (Å²) in [5, 5.41) is 6.76. The predicted octanol–water partition coefficient (Wildman–Crippen LogP) is 4.93. The molecule has 1 aromatic heterocycles. The number of nitrogens with one attached hydrogen (secondary N) is 2. The van der Waals surface area contributed by atoms with Gasteiger partial charge in [-0.2, -0.15) is 0 Å². The molecule has 0 aliphatic carbocycles. The number of hydrogen-bond acceptors (Lipinski definition) is 3. The van der Waals surface area contributed by atoms with E-state index in [4.69, 9.17) is 23.2 Å². The van der Waals surface area contributed by atoms with Gasteiger partial charge in [-0.15, -0.1) is 0 Å². The van der Waals surface area contributed by atoms with Crippen LogP contribution in [0.2, 0.25) is 10.0 Å². The standard InChI is InChI=1S/C23H24Cl2N4O2/c1-23(2,17-6-7-19(24)20(25)13-17)14-27-22(31)16-4-3-5-18(12-16)28-21(30)8-10-29-11-9-26-15-29/h3-7,9,11-13,15H,8,10,14H2,1-2H3,(H,27,31)(H,28,30). The van der Waals surface area contributed by atoms with Crippen molar-refractivity contribution in [2.24, 2.45) is 0 Å². The monoisotopic (exact) mass is 458 g/mol. The lowest BCUT2D eigenvalue weighted by atomic mass is 9.84. The number of carbonyl (C=O) groups excluding carboxylic acids is 2. The quantitative estimate of drug-likeness (QED) is 0.502. The molecular weight excluding hydrogens is 435 g/mol. The van der Waals surface area contributed by atoms with Crippen LogP contribution >= 0.6 is 23.2 Å². The lowest BCUT2D eigenvalue weighted by molar-refractivity contribution is -0.116. The third-order valence-corrected chi connectivity index (χ3v) is 5.70. The van der Waals surface area contributed by atoms with E-state index in [1.807, 2.05) is 30.5 Å². The van der Waals surface area contributed by atoms with Crippen LogP contribution in [-0.2, 0) is 16.8 Å². The lowest BCUT2D eigenvalue weighted by Gasteiger charge is -2.26. The van der Waals surface area contributed by atoms with Gasteiger partial charge < -0.3 is 15.2 Å². The maximum absolute atomic E-state index is 12.7. The van der Waals surface area contributed by atoms with Gasteiger partial charge in [-0.05, 0) is 35.9 Å². The first-order valence-electron chi connectivity index (χ1n) is 9.84. The van der Waals surface area contributed by atoms with E-state index < -0.39 is 0 Å². The average Bonchev–Trinajstić information content (AvgIpc) is 3.26. The Bertz CT molecular complexity index is 1070. The molecule has 2 N–H and O–H groups in total. The number of rotatable bonds is 8. The highest BCUT2D eigenvalue weighted by molar-refractivity contribution is 6.42. The number of carbonyl (C=O) groups is 2. The van der Waals surface area contributed by atoms with Crippen molar-refractivity contribution in [2.75, 3.05) is 11.9 Å². The second-order valence-corrected chi connectivity index (χ2v) is 8.69. The third-order valence-electron chi connectivity index (χ3n) is 4.96. The van der Waals surface area contributed by atoms with Crippen molar-refractivity contribution in [1.29, 1.82) is 0 Å². The first-order chi connectivity index (χ1) is 14.7. The molecule has 0 spiro atoms. The van der Waals surface area contributed by atoms with Crippen LogP contribution in [0.5, 0.6) is 0 Å². The number of imidazole rings is 1. The minimum Gasteiger partial charge on any atom is -0.351 e. The molecule has 3 rings (SSSR count). The van der Waals surface area contributed by atoms with Crippen LogP contribution in [0.4, 0.5) is 5.69 Å². The number of anilines is 1. The van der Waals surface area contributed by atoms with E-state index in [1.165, 1.54) is 0 Å². The minimum absolute atomic E-state index is 0.132. The number of aryl methyl sites for hydroxylation is 1. The highest BCUT2D eigenvalue weighted by Crippen LogP contribution is 2.29. The normalized spacial score (nSPS) is 11.2. The Morgan fingerprint density at radius 3 is 2.61 bits per heavy atom. The number of hydrogen-bond donors (Lipinski definition) is 2. The fourth-order valence-corrected chi connectivity index (χ4v) is 3.33. The highest BCUT2D eigenvalue weighted by atomic mass is 35.5. The molecule has 0 saturated heterocycles. The average molecular weight is 459 g/mol. The summed E-state index contributed by atoms with van der Waals surface area (Å²) in [6.45, 7) is 4.98. The van der Waals surface area contributed by atoms with Gasteiger partial charge in [0.05, 0.1) is 16.4 Å². The van der Waals surface area contributed by atoms with Crippen LogP contribution in [0.25, 0.3) is 0 Å². The fraction of sp³-hybridized carbons (Fsp3) is 0.261. The zero-order valence-electron chi connectivity index (χ0n) is 17.4. The Balaban J connectivity index is 1.57. The summed E-state index contributed by atoms with van der Waals surface area (Å²) in [4.78, 5) is 28.8. The number of aromatic nitrogens is 2. The second-order valence-electron chi connectivity index (χ2n) is 7.87. The van der Waals surface area contributed by atoms with Crippen LogP contribution in [0.1, 0.15) is 36.2 Å². The van der Waals surface area contributed by atoms with Crippen molar-refractivity contribution in [2.45, 2.75) is 32.2 Å². The van der Waals surface area contributed by atoms with Crippen LogP contribution < -0.4 is 10.6 Å². The molecule has 0 saturated carbocycles. The minimum atomic E-state index is -0.344. The van der Waals surface area contributed by atoms with Crippen molar-refractivity contribution in [1.82, 2.24) is 14.9 Å². The Kier molecular flexibility index (Phi) is 7.36. The van der Waals surface area contributed by atoms with Crippen LogP contribution in [0.3, 0.4) is 0 Å². The molecule has 8 heteroatoms. The molecule has 0 bridgehead atoms. The molecule has 162 valence electrons. The van der Waals surface area contributed by atoms with Gasteiger partial charge >= 0.3 is 0 Å². The van der Waals surface area contributed by atoms with E-state index in [9.17, 15) is 9.59 Å². The Morgan fingerprint density at radius 2 is 1.90 bits per heavy atom. The molecule has 2 aromatic carbocycles. The van der Waals surface area contributed by atoms with E-state index in [1.54, 1.807) is 49.1 Å². The molecule has 0 atom stereocenters. The van der Waals surface area contributed by atoms with Gasteiger partial charge in [0.25, 0.3) is 5.91 Å². The molecule has 0 aliphatic rings. The summed E-state index contributed by atoms with van der Waals surface area (Å²) in [5.74, 6) is -0.352. The van der Waals surface area contributed by atoms with Crippen LogP contribution in [0, 0.1) is 0 Å².